The second-order valence-electron chi connectivity index (χ2n) is 6.32. The van der Waals surface area contributed by atoms with E-state index in [9.17, 15) is 9.59 Å². The number of nitrogens with zero attached hydrogens (tertiary/aromatic N) is 1. The van der Waals surface area contributed by atoms with Crippen molar-refractivity contribution in [2.45, 2.75) is 44.0 Å². The minimum atomic E-state index is -1.04. The van der Waals surface area contributed by atoms with Crippen LogP contribution in [-0.2, 0) is 19.1 Å². The van der Waals surface area contributed by atoms with Crippen molar-refractivity contribution in [3.63, 3.8) is 0 Å². The summed E-state index contributed by atoms with van der Waals surface area (Å²) in [7, 11) is 0. The Morgan fingerprint density at radius 2 is 1.92 bits per heavy atom. The fraction of sp³-hybridized carbons (Fsp3) is 0.556. The summed E-state index contributed by atoms with van der Waals surface area (Å²) >= 11 is 0. The number of rotatable bonds is 5. The molecule has 0 radical (unpaired) electrons. The van der Waals surface area contributed by atoms with Crippen molar-refractivity contribution in [1.29, 1.82) is 0 Å². The van der Waals surface area contributed by atoms with Crippen LogP contribution in [0.25, 0.3) is 0 Å². The van der Waals surface area contributed by atoms with Gasteiger partial charge < -0.3 is 19.5 Å². The van der Waals surface area contributed by atoms with Gasteiger partial charge in [0.15, 0.2) is 12.2 Å². The molecule has 130 valence electrons. The van der Waals surface area contributed by atoms with Crippen molar-refractivity contribution in [1.82, 2.24) is 4.90 Å². The minimum Gasteiger partial charge on any atom is -0.479 e. The van der Waals surface area contributed by atoms with Crippen LogP contribution >= 0.6 is 0 Å². The second-order valence-corrected chi connectivity index (χ2v) is 6.32. The van der Waals surface area contributed by atoms with Crippen molar-refractivity contribution in [3.05, 3.63) is 35.9 Å². The quantitative estimate of drug-likeness (QED) is 0.892. The maximum Gasteiger partial charge on any atom is 0.334 e. The van der Waals surface area contributed by atoms with Crippen LogP contribution in [0.4, 0.5) is 0 Å². The van der Waals surface area contributed by atoms with Gasteiger partial charge in [-0.1, -0.05) is 43.2 Å². The Labute approximate surface area is 141 Å². The Bertz CT molecular complexity index is 570. The fourth-order valence-electron chi connectivity index (χ4n) is 3.29. The number of hydrogen-bond donors (Lipinski definition) is 1. The zero-order valence-corrected chi connectivity index (χ0v) is 13.6. The van der Waals surface area contributed by atoms with Gasteiger partial charge in [-0.15, -0.1) is 0 Å². The summed E-state index contributed by atoms with van der Waals surface area (Å²) in [5.41, 5.74) is 0.813. The lowest BCUT2D eigenvalue weighted by Crippen LogP contribution is -2.50. The number of carbonyl (C=O) groups excluding carboxylic acids is 1. The fourth-order valence-corrected chi connectivity index (χ4v) is 3.29. The summed E-state index contributed by atoms with van der Waals surface area (Å²) in [5, 5.41) is 9.13. The molecule has 0 bridgehead atoms. The lowest BCUT2D eigenvalue weighted by molar-refractivity contribution is -0.165. The first-order valence-corrected chi connectivity index (χ1v) is 8.49. The number of carboxylic acid groups (broad SMARTS) is 1. The predicted molar refractivity (Wildman–Crippen MR) is 86.5 cm³/mol. The largest absolute Gasteiger partial charge is 0.479 e. The van der Waals surface area contributed by atoms with Crippen LogP contribution in [0.1, 0.15) is 37.4 Å². The molecule has 6 nitrogen and oxygen atoms in total. The van der Waals surface area contributed by atoms with E-state index in [4.69, 9.17) is 14.6 Å². The van der Waals surface area contributed by atoms with E-state index in [-0.39, 0.29) is 25.2 Å². The van der Waals surface area contributed by atoms with Gasteiger partial charge in [0.1, 0.15) is 0 Å². The molecule has 0 aromatic heterocycles. The molecule has 2 fully saturated rings. The van der Waals surface area contributed by atoms with Crippen molar-refractivity contribution in [2.24, 2.45) is 0 Å². The monoisotopic (exact) mass is 333 g/mol. The summed E-state index contributed by atoms with van der Waals surface area (Å²) in [6.07, 6.45) is 2.63. The van der Waals surface area contributed by atoms with Crippen LogP contribution in [0.5, 0.6) is 0 Å². The topological polar surface area (TPSA) is 76.1 Å². The van der Waals surface area contributed by atoms with Gasteiger partial charge in [-0.25, -0.2) is 4.79 Å². The maximum absolute atomic E-state index is 13.0. The van der Waals surface area contributed by atoms with Crippen molar-refractivity contribution >= 4 is 11.9 Å². The van der Waals surface area contributed by atoms with Gasteiger partial charge in [0, 0.05) is 6.54 Å². The molecule has 1 aliphatic heterocycles. The summed E-state index contributed by atoms with van der Waals surface area (Å²) < 4.78 is 11.3. The number of benzene rings is 1. The average molecular weight is 333 g/mol. The number of hydrogen-bond acceptors (Lipinski definition) is 4. The minimum absolute atomic E-state index is 0.0610. The van der Waals surface area contributed by atoms with E-state index in [1.807, 2.05) is 30.3 Å². The number of carbonyl (C=O) groups is 2. The molecule has 1 aromatic carbocycles. The maximum atomic E-state index is 13.0. The van der Waals surface area contributed by atoms with Crippen LogP contribution in [0, 0.1) is 0 Å². The van der Waals surface area contributed by atoms with Gasteiger partial charge in [-0.05, 0) is 18.4 Å². The predicted octanol–water partition coefficient (Wildman–Crippen LogP) is 2.00. The third-order valence-electron chi connectivity index (χ3n) is 4.61. The number of carboxylic acids is 1. The first-order chi connectivity index (χ1) is 11.6. The van der Waals surface area contributed by atoms with E-state index in [0.29, 0.717) is 6.54 Å². The molecule has 1 amide bonds. The van der Waals surface area contributed by atoms with E-state index < -0.39 is 18.2 Å². The van der Waals surface area contributed by atoms with Gasteiger partial charge in [0.25, 0.3) is 5.91 Å². The van der Waals surface area contributed by atoms with E-state index >= 15 is 0 Å². The Hall–Kier alpha value is -1.92. The van der Waals surface area contributed by atoms with Crippen molar-refractivity contribution < 1.29 is 24.2 Å². The molecular formula is C18H23NO5. The standard InChI is InChI=1S/C18H23NO5/c20-17(19-10-11-23-15(12-19)18(21)22)16(13-6-2-1-3-7-13)24-14-8-4-5-9-14/h1-3,6-7,14-16H,4-5,8-12H2,(H,21,22)/t15-,16-/m1/s1. The molecule has 1 N–H and O–H groups in total. The Morgan fingerprint density at radius 1 is 1.21 bits per heavy atom. The molecule has 0 unspecified atom stereocenters. The van der Waals surface area contributed by atoms with Gasteiger partial charge in [-0.2, -0.15) is 0 Å². The highest BCUT2D eigenvalue weighted by molar-refractivity contribution is 5.83. The summed E-state index contributed by atoms with van der Waals surface area (Å²) in [4.78, 5) is 25.7. The SMILES string of the molecule is O=C(O)[C@H]1CN(C(=O)[C@H](OC2CCCC2)c2ccccc2)CCO1. The molecule has 3 rings (SSSR count). The average Bonchev–Trinajstić information content (AvgIpc) is 3.13. The van der Waals surface area contributed by atoms with Crippen LogP contribution in [0.3, 0.4) is 0 Å². The zero-order valence-electron chi connectivity index (χ0n) is 13.6. The number of amides is 1. The molecule has 1 saturated heterocycles. The van der Waals surface area contributed by atoms with E-state index in [1.54, 1.807) is 4.90 Å². The smallest absolute Gasteiger partial charge is 0.334 e. The van der Waals surface area contributed by atoms with Gasteiger partial charge >= 0.3 is 5.97 Å². The third kappa shape index (κ3) is 3.94. The third-order valence-corrected chi connectivity index (χ3v) is 4.61. The van der Waals surface area contributed by atoms with E-state index in [0.717, 1.165) is 31.2 Å². The lowest BCUT2D eigenvalue weighted by Gasteiger charge is -2.34. The number of aliphatic carboxylic acids is 1. The molecule has 24 heavy (non-hydrogen) atoms. The van der Waals surface area contributed by atoms with Crippen molar-refractivity contribution in [3.8, 4) is 0 Å². The molecule has 1 heterocycles. The van der Waals surface area contributed by atoms with E-state index in [2.05, 4.69) is 0 Å². The van der Waals surface area contributed by atoms with E-state index in [1.165, 1.54) is 0 Å². The Morgan fingerprint density at radius 3 is 2.58 bits per heavy atom. The number of ether oxygens (including phenoxy) is 2. The van der Waals surface area contributed by atoms with Gasteiger partial charge in [0.05, 0.1) is 19.3 Å². The molecule has 1 saturated carbocycles. The highest BCUT2D eigenvalue weighted by Gasteiger charge is 2.35. The van der Waals surface area contributed by atoms with Crippen LogP contribution in [-0.4, -0.2) is 53.8 Å². The molecule has 2 atom stereocenters. The first kappa shape index (κ1) is 16.9. The van der Waals surface area contributed by atoms with Crippen LogP contribution < -0.4 is 0 Å². The summed E-state index contributed by atoms with van der Waals surface area (Å²) in [6, 6.07) is 9.43. The van der Waals surface area contributed by atoms with Gasteiger partial charge in [-0.3, -0.25) is 4.79 Å². The first-order valence-electron chi connectivity index (χ1n) is 8.49. The summed E-state index contributed by atoms with van der Waals surface area (Å²) in [6.45, 7) is 0.680. The normalized spacial score (nSPS) is 23.2. The Balaban J connectivity index is 1.76. The lowest BCUT2D eigenvalue weighted by atomic mass is 10.1. The highest BCUT2D eigenvalue weighted by atomic mass is 16.5. The molecular weight excluding hydrogens is 310 g/mol. The summed E-state index contributed by atoms with van der Waals surface area (Å²) in [5.74, 6) is -1.22. The molecule has 1 aromatic rings. The van der Waals surface area contributed by atoms with Crippen LogP contribution in [0.2, 0.25) is 0 Å². The second kappa shape index (κ2) is 7.77. The van der Waals surface area contributed by atoms with Gasteiger partial charge in [0.2, 0.25) is 0 Å². The van der Waals surface area contributed by atoms with Crippen molar-refractivity contribution in [2.75, 3.05) is 19.7 Å². The number of morpholine rings is 1. The Kier molecular flexibility index (Phi) is 5.48. The molecule has 1 aliphatic carbocycles. The van der Waals surface area contributed by atoms with Crippen LogP contribution in [0.15, 0.2) is 30.3 Å². The molecule has 2 aliphatic rings. The highest BCUT2D eigenvalue weighted by Crippen LogP contribution is 2.29. The zero-order chi connectivity index (χ0) is 16.9. The molecule has 6 heteroatoms. The molecule has 0 spiro atoms.